The second kappa shape index (κ2) is 8.74. The van der Waals surface area contributed by atoms with E-state index in [0.29, 0.717) is 0 Å². The molecule has 0 spiro atoms. The number of nitrogens with zero attached hydrogens (tertiary/aromatic N) is 1. The van der Waals surface area contributed by atoms with Crippen molar-refractivity contribution in [2.24, 2.45) is 0 Å². The molecule has 0 heterocycles. The van der Waals surface area contributed by atoms with E-state index in [0.717, 1.165) is 42.2 Å². The predicted molar refractivity (Wildman–Crippen MR) is 85.1 cm³/mol. The van der Waals surface area contributed by atoms with E-state index in [1.807, 2.05) is 0 Å². The quantitative estimate of drug-likeness (QED) is 0.764. The van der Waals surface area contributed by atoms with Crippen molar-refractivity contribution >= 4 is 23.0 Å². The van der Waals surface area contributed by atoms with Gasteiger partial charge in [-0.25, -0.2) is 10.3 Å². The van der Waals surface area contributed by atoms with Crippen LogP contribution in [0.3, 0.4) is 0 Å². The Morgan fingerprint density at radius 3 is 2.81 bits per heavy atom. The summed E-state index contributed by atoms with van der Waals surface area (Å²) < 4.78 is 0. The first kappa shape index (κ1) is 17.6. The summed E-state index contributed by atoms with van der Waals surface area (Å²) in [7, 11) is 3.40. The molecule has 21 heavy (non-hydrogen) atoms. The highest BCUT2D eigenvalue weighted by Gasteiger charge is 2.24. The topological polar surface area (TPSA) is 70.7 Å². The first-order valence-electron chi connectivity index (χ1n) is 6.77. The number of carbonyl (C=O) groups is 2. The van der Waals surface area contributed by atoms with Gasteiger partial charge >= 0.3 is 11.3 Å². The number of urea groups is 1. The standard InChI is InChI=1S/C14H23N3O3S/c1-5-10-7-6-8-12(15-13(18)17(2)3)11(10)9-20-16-14(19)21-4/h5,12H,1,6-9H2,2-4H3,(H,15,18)(H,16,19)/t12-/m1/s1. The Hall–Kier alpha value is -1.47. The van der Waals surface area contributed by atoms with Crippen LogP contribution in [0.4, 0.5) is 9.59 Å². The number of hydrogen-bond acceptors (Lipinski definition) is 4. The van der Waals surface area contributed by atoms with Gasteiger partial charge in [0, 0.05) is 14.1 Å². The second-order valence-electron chi connectivity index (χ2n) is 4.93. The van der Waals surface area contributed by atoms with Crippen LogP contribution in [0.5, 0.6) is 0 Å². The number of carbonyl (C=O) groups excluding carboxylic acids is 2. The fourth-order valence-corrected chi connectivity index (χ4v) is 2.28. The minimum atomic E-state index is -0.250. The molecule has 0 aromatic heterocycles. The van der Waals surface area contributed by atoms with Gasteiger partial charge in [0.1, 0.15) is 0 Å². The molecule has 0 saturated carbocycles. The summed E-state index contributed by atoms with van der Waals surface area (Å²) in [6.07, 6.45) is 6.22. The third-order valence-corrected chi connectivity index (χ3v) is 3.74. The van der Waals surface area contributed by atoms with Crippen LogP contribution in [-0.4, -0.2) is 49.2 Å². The first-order chi connectivity index (χ1) is 9.99. The molecule has 118 valence electrons. The number of thioether (sulfide) groups is 1. The first-order valence-corrected chi connectivity index (χ1v) is 8.00. The third kappa shape index (κ3) is 5.43. The van der Waals surface area contributed by atoms with Crippen molar-refractivity contribution in [3.8, 4) is 0 Å². The van der Waals surface area contributed by atoms with E-state index in [-0.39, 0.29) is 23.9 Å². The summed E-state index contributed by atoms with van der Waals surface area (Å²) in [4.78, 5) is 29.7. The molecule has 0 saturated heterocycles. The zero-order chi connectivity index (χ0) is 15.8. The van der Waals surface area contributed by atoms with Crippen molar-refractivity contribution in [1.29, 1.82) is 0 Å². The lowest BCUT2D eigenvalue weighted by Crippen LogP contribution is -2.44. The minimum Gasteiger partial charge on any atom is -0.331 e. The van der Waals surface area contributed by atoms with Crippen molar-refractivity contribution in [2.45, 2.75) is 25.3 Å². The molecule has 6 nitrogen and oxygen atoms in total. The average molecular weight is 313 g/mol. The molecule has 7 heteroatoms. The van der Waals surface area contributed by atoms with Crippen LogP contribution >= 0.6 is 11.8 Å². The molecule has 0 aromatic carbocycles. The largest absolute Gasteiger partial charge is 0.331 e. The van der Waals surface area contributed by atoms with Gasteiger partial charge in [0.25, 0.3) is 0 Å². The Morgan fingerprint density at radius 2 is 2.24 bits per heavy atom. The molecular formula is C14H23N3O3S. The number of rotatable bonds is 5. The lowest BCUT2D eigenvalue weighted by atomic mass is 9.88. The normalized spacial score (nSPS) is 18.1. The molecule has 3 amide bonds. The number of allylic oxidation sites excluding steroid dienone is 2. The Kier molecular flexibility index (Phi) is 7.31. The molecule has 0 radical (unpaired) electrons. The predicted octanol–water partition coefficient (Wildman–Crippen LogP) is 2.30. The van der Waals surface area contributed by atoms with Crippen molar-refractivity contribution in [3.05, 3.63) is 23.8 Å². The highest BCUT2D eigenvalue weighted by Crippen LogP contribution is 2.26. The molecular weight excluding hydrogens is 290 g/mol. The smallest absolute Gasteiger partial charge is 0.317 e. The Bertz CT molecular complexity index is 435. The van der Waals surface area contributed by atoms with Crippen LogP contribution in [0.2, 0.25) is 0 Å². The molecule has 1 atom stereocenters. The van der Waals surface area contributed by atoms with E-state index in [1.165, 1.54) is 4.90 Å². The van der Waals surface area contributed by atoms with Gasteiger partial charge in [0.15, 0.2) is 0 Å². The highest BCUT2D eigenvalue weighted by molar-refractivity contribution is 8.12. The molecule has 1 aliphatic rings. The van der Waals surface area contributed by atoms with Gasteiger partial charge in [-0.05, 0) is 36.7 Å². The van der Waals surface area contributed by atoms with Gasteiger partial charge in [-0.3, -0.25) is 9.63 Å². The summed E-state index contributed by atoms with van der Waals surface area (Å²) in [6, 6.07) is -0.233. The van der Waals surface area contributed by atoms with Crippen molar-refractivity contribution in [2.75, 3.05) is 27.0 Å². The summed E-state index contributed by atoms with van der Waals surface area (Å²) >= 11 is 1.05. The number of amides is 3. The van der Waals surface area contributed by atoms with E-state index in [2.05, 4.69) is 17.4 Å². The van der Waals surface area contributed by atoms with Crippen molar-refractivity contribution in [1.82, 2.24) is 15.7 Å². The third-order valence-electron chi connectivity index (χ3n) is 3.29. The Morgan fingerprint density at radius 1 is 1.52 bits per heavy atom. The summed E-state index contributed by atoms with van der Waals surface area (Å²) in [5, 5.41) is 2.72. The van der Waals surface area contributed by atoms with E-state index in [9.17, 15) is 9.59 Å². The summed E-state index contributed by atoms with van der Waals surface area (Å²) in [6.45, 7) is 4.06. The van der Waals surface area contributed by atoms with Crippen LogP contribution in [0, 0.1) is 0 Å². The summed E-state index contributed by atoms with van der Waals surface area (Å²) in [5.74, 6) is 0. The van der Waals surface area contributed by atoms with Gasteiger partial charge in [-0.15, -0.1) is 0 Å². The lowest BCUT2D eigenvalue weighted by Gasteiger charge is -2.29. The molecule has 2 N–H and O–H groups in total. The summed E-state index contributed by atoms with van der Waals surface area (Å²) in [5.41, 5.74) is 4.39. The molecule has 0 aromatic rings. The van der Waals surface area contributed by atoms with Gasteiger partial charge in [-0.2, -0.15) is 0 Å². The van der Waals surface area contributed by atoms with Crippen LogP contribution in [-0.2, 0) is 4.84 Å². The van der Waals surface area contributed by atoms with Crippen LogP contribution < -0.4 is 10.8 Å². The lowest BCUT2D eigenvalue weighted by molar-refractivity contribution is 0.0827. The van der Waals surface area contributed by atoms with Gasteiger partial charge in [0.05, 0.1) is 12.6 Å². The monoisotopic (exact) mass is 313 g/mol. The van der Waals surface area contributed by atoms with Crippen molar-refractivity contribution in [3.63, 3.8) is 0 Å². The van der Waals surface area contributed by atoms with Crippen LogP contribution in [0.25, 0.3) is 0 Å². The molecule has 1 aliphatic carbocycles. The molecule has 1 rings (SSSR count). The van der Waals surface area contributed by atoms with Crippen LogP contribution in [0.15, 0.2) is 23.8 Å². The fourth-order valence-electron chi connectivity index (χ4n) is 2.13. The maximum Gasteiger partial charge on any atom is 0.317 e. The Labute approximate surface area is 129 Å². The minimum absolute atomic E-state index is 0.0900. The number of hydroxylamine groups is 1. The number of nitrogens with one attached hydrogen (secondary N) is 2. The highest BCUT2D eigenvalue weighted by atomic mass is 32.2. The van der Waals surface area contributed by atoms with Crippen molar-refractivity contribution < 1.29 is 14.4 Å². The molecule has 0 fully saturated rings. The van der Waals surface area contributed by atoms with Gasteiger partial charge in [-0.1, -0.05) is 24.4 Å². The van der Waals surface area contributed by atoms with Crippen LogP contribution in [0.1, 0.15) is 19.3 Å². The Balaban J connectivity index is 2.73. The maximum atomic E-state index is 11.8. The second-order valence-corrected chi connectivity index (χ2v) is 5.70. The van der Waals surface area contributed by atoms with E-state index in [4.69, 9.17) is 4.84 Å². The van der Waals surface area contributed by atoms with E-state index < -0.39 is 0 Å². The van der Waals surface area contributed by atoms with E-state index >= 15 is 0 Å². The van der Waals surface area contributed by atoms with Gasteiger partial charge in [0.2, 0.25) is 0 Å². The molecule has 0 aliphatic heterocycles. The molecule has 0 unspecified atom stereocenters. The molecule has 0 bridgehead atoms. The average Bonchev–Trinajstić information content (AvgIpc) is 2.47. The SMILES string of the molecule is C=CC1=C(CONC(=O)SC)[C@H](NC(=O)N(C)C)CCC1. The fraction of sp³-hybridized carbons (Fsp3) is 0.571. The zero-order valence-corrected chi connectivity index (χ0v) is 13.6. The van der Waals surface area contributed by atoms with Gasteiger partial charge < -0.3 is 10.2 Å². The maximum absolute atomic E-state index is 11.8. The number of hydrogen-bond donors (Lipinski definition) is 2. The van der Waals surface area contributed by atoms with E-state index in [1.54, 1.807) is 26.4 Å². The zero-order valence-electron chi connectivity index (χ0n) is 12.8.